The van der Waals surface area contributed by atoms with Crippen molar-refractivity contribution < 1.29 is 23.8 Å². The summed E-state index contributed by atoms with van der Waals surface area (Å²) >= 11 is 0. The van der Waals surface area contributed by atoms with Crippen LogP contribution < -0.4 is 4.74 Å². The molecule has 2 unspecified atom stereocenters. The Morgan fingerprint density at radius 1 is 0.844 bits per heavy atom. The summed E-state index contributed by atoms with van der Waals surface area (Å²) in [5.74, 6) is 0.162. The second kappa shape index (κ2) is 7.42. The Hall–Kier alpha value is -2.70. The van der Waals surface area contributed by atoms with Gasteiger partial charge >= 0.3 is 0 Å². The first-order valence-electron chi connectivity index (χ1n) is 11.1. The van der Waals surface area contributed by atoms with Crippen LogP contribution in [0.5, 0.6) is 5.75 Å². The van der Waals surface area contributed by atoms with Crippen molar-refractivity contribution in [1.29, 1.82) is 0 Å². The third-order valence-corrected chi connectivity index (χ3v) is 6.73. The number of carbonyl (C=O) groups excluding carboxylic acids is 2. The summed E-state index contributed by atoms with van der Waals surface area (Å²) in [7, 11) is 0. The van der Waals surface area contributed by atoms with Crippen LogP contribution in [0.2, 0.25) is 0 Å². The van der Waals surface area contributed by atoms with Crippen LogP contribution in [-0.2, 0) is 9.47 Å². The van der Waals surface area contributed by atoms with Gasteiger partial charge < -0.3 is 14.2 Å². The molecule has 0 aliphatic carbocycles. The highest BCUT2D eigenvalue weighted by molar-refractivity contribution is 6.21. The van der Waals surface area contributed by atoms with Crippen LogP contribution in [-0.4, -0.2) is 43.1 Å². The molecule has 3 aliphatic heterocycles. The molecular weight excluding hydrogens is 406 g/mol. The van der Waals surface area contributed by atoms with Gasteiger partial charge in [0.05, 0.1) is 43.1 Å². The van der Waals surface area contributed by atoms with Gasteiger partial charge in [0.1, 0.15) is 12.4 Å². The molecule has 6 heteroatoms. The Balaban J connectivity index is 1.21. The number of amides is 2. The van der Waals surface area contributed by atoms with E-state index in [9.17, 15) is 9.59 Å². The van der Waals surface area contributed by atoms with E-state index >= 15 is 0 Å². The number of ether oxygens (including phenoxy) is 3. The molecule has 0 spiro atoms. The van der Waals surface area contributed by atoms with Crippen LogP contribution in [0.3, 0.4) is 0 Å². The standard InChI is InChI=1S/C26H29NO5/c1-25(2)14-31-21(25)16-5-8-18(9-6-16)30-12-11-27-23(28)19-10-7-17(13-20(19)24(27)29)22-26(3,4)15-32-22/h5-10,13,21-22H,11-12,14-15H2,1-4H3. The summed E-state index contributed by atoms with van der Waals surface area (Å²) in [6, 6.07) is 13.3. The van der Waals surface area contributed by atoms with E-state index < -0.39 is 0 Å². The molecule has 2 saturated heterocycles. The Bertz CT molecular complexity index is 1070. The molecular formula is C26H29NO5. The minimum atomic E-state index is -0.271. The fourth-order valence-corrected chi connectivity index (χ4v) is 4.76. The van der Waals surface area contributed by atoms with Crippen molar-refractivity contribution in [3.63, 3.8) is 0 Å². The molecule has 2 aromatic rings. The van der Waals surface area contributed by atoms with E-state index in [0.29, 0.717) is 23.5 Å². The van der Waals surface area contributed by atoms with Gasteiger partial charge in [-0.3, -0.25) is 14.5 Å². The molecule has 0 aromatic heterocycles. The zero-order valence-corrected chi connectivity index (χ0v) is 19.0. The molecule has 0 bridgehead atoms. The Morgan fingerprint density at radius 3 is 1.97 bits per heavy atom. The van der Waals surface area contributed by atoms with Crippen molar-refractivity contribution in [2.75, 3.05) is 26.4 Å². The minimum absolute atomic E-state index is 0.0312. The van der Waals surface area contributed by atoms with Crippen molar-refractivity contribution >= 4 is 11.8 Å². The van der Waals surface area contributed by atoms with Gasteiger partial charge in [-0.05, 0) is 35.4 Å². The topological polar surface area (TPSA) is 65.1 Å². The number of fused-ring (bicyclic) bond motifs is 1. The molecule has 2 atom stereocenters. The van der Waals surface area contributed by atoms with Crippen LogP contribution >= 0.6 is 0 Å². The molecule has 2 aromatic carbocycles. The molecule has 0 radical (unpaired) electrons. The lowest BCUT2D eigenvalue weighted by Crippen LogP contribution is -2.40. The summed E-state index contributed by atoms with van der Waals surface area (Å²) in [4.78, 5) is 26.9. The number of hydrogen-bond donors (Lipinski definition) is 0. The fraction of sp³-hybridized carbons (Fsp3) is 0.462. The summed E-state index contributed by atoms with van der Waals surface area (Å²) in [5, 5.41) is 0. The summed E-state index contributed by atoms with van der Waals surface area (Å²) < 4.78 is 17.2. The van der Waals surface area contributed by atoms with Crippen molar-refractivity contribution in [2.45, 2.75) is 39.9 Å². The van der Waals surface area contributed by atoms with Gasteiger partial charge in [-0.2, -0.15) is 0 Å². The smallest absolute Gasteiger partial charge is 0.261 e. The van der Waals surface area contributed by atoms with Gasteiger partial charge in [0.15, 0.2) is 0 Å². The average molecular weight is 436 g/mol. The van der Waals surface area contributed by atoms with Crippen molar-refractivity contribution in [3.05, 3.63) is 64.7 Å². The quantitative estimate of drug-likeness (QED) is 0.623. The van der Waals surface area contributed by atoms with Crippen LogP contribution in [0.15, 0.2) is 42.5 Å². The maximum Gasteiger partial charge on any atom is 0.261 e. The second-order valence-electron chi connectivity index (χ2n) is 10.3. The van der Waals surface area contributed by atoms with Crippen LogP contribution in [0.25, 0.3) is 0 Å². The third-order valence-electron chi connectivity index (χ3n) is 6.73. The SMILES string of the molecule is CC1(C)COC1c1ccc(OCCN2C(=O)c3ccc(C4OCC4(C)C)cc3C2=O)cc1. The van der Waals surface area contributed by atoms with E-state index in [4.69, 9.17) is 14.2 Å². The van der Waals surface area contributed by atoms with E-state index in [2.05, 4.69) is 27.7 Å². The van der Waals surface area contributed by atoms with E-state index in [1.807, 2.05) is 36.4 Å². The van der Waals surface area contributed by atoms with E-state index in [0.717, 1.165) is 17.7 Å². The first kappa shape index (κ1) is 21.2. The van der Waals surface area contributed by atoms with E-state index in [1.165, 1.54) is 4.90 Å². The predicted octanol–water partition coefficient (Wildman–Crippen LogP) is 4.56. The van der Waals surface area contributed by atoms with Crippen molar-refractivity contribution in [2.24, 2.45) is 10.8 Å². The Morgan fingerprint density at radius 2 is 1.41 bits per heavy atom. The van der Waals surface area contributed by atoms with Gasteiger partial charge in [0.2, 0.25) is 0 Å². The number of benzene rings is 2. The zero-order chi connectivity index (χ0) is 22.7. The van der Waals surface area contributed by atoms with Gasteiger partial charge in [-0.1, -0.05) is 45.9 Å². The lowest BCUT2D eigenvalue weighted by atomic mass is 9.78. The number of carbonyl (C=O) groups is 2. The lowest BCUT2D eigenvalue weighted by molar-refractivity contribution is -0.172. The molecule has 3 aliphatic rings. The lowest BCUT2D eigenvalue weighted by Gasteiger charge is -2.44. The maximum absolute atomic E-state index is 12.9. The van der Waals surface area contributed by atoms with Crippen molar-refractivity contribution in [3.8, 4) is 5.75 Å². The van der Waals surface area contributed by atoms with Gasteiger partial charge in [0, 0.05) is 10.8 Å². The monoisotopic (exact) mass is 435 g/mol. The van der Waals surface area contributed by atoms with Crippen LogP contribution in [0, 0.1) is 10.8 Å². The van der Waals surface area contributed by atoms with Crippen LogP contribution in [0.1, 0.15) is 71.7 Å². The van der Waals surface area contributed by atoms with Gasteiger partial charge in [-0.15, -0.1) is 0 Å². The van der Waals surface area contributed by atoms with Crippen LogP contribution in [0.4, 0.5) is 0 Å². The second-order valence-corrected chi connectivity index (χ2v) is 10.3. The molecule has 5 rings (SSSR count). The number of imide groups is 1. The average Bonchev–Trinajstić information content (AvgIpc) is 2.98. The molecule has 168 valence electrons. The number of rotatable bonds is 6. The normalized spacial score (nSPS) is 25.2. The van der Waals surface area contributed by atoms with Crippen molar-refractivity contribution in [1.82, 2.24) is 4.90 Å². The molecule has 0 saturated carbocycles. The summed E-state index contributed by atoms with van der Waals surface area (Å²) in [6.45, 7) is 10.6. The third kappa shape index (κ3) is 3.42. The highest BCUT2D eigenvalue weighted by Gasteiger charge is 2.43. The predicted molar refractivity (Wildman–Crippen MR) is 119 cm³/mol. The largest absolute Gasteiger partial charge is 0.492 e. The minimum Gasteiger partial charge on any atom is -0.492 e. The number of nitrogens with zero attached hydrogens (tertiary/aromatic N) is 1. The molecule has 2 amide bonds. The molecule has 32 heavy (non-hydrogen) atoms. The summed E-state index contributed by atoms with van der Waals surface area (Å²) in [6.07, 6.45) is 0.0580. The first-order valence-corrected chi connectivity index (χ1v) is 11.1. The van der Waals surface area contributed by atoms with E-state index in [-0.39, 0.29) is 48.0 Å². The molecule has 0 N–H and O–H groups in total. The first-order chi connectivity index (χ1) is 15.2. The zero-order valence-electron chi connectivity index (χ0n) is 19.0. The maximum atomic E-state index is 12.9. The number of hydrogen-bond acceptors (Lipinski definition) is 5. The highest BCUT2D eigenvalue weighted by Crippen LogP contribution is 2.47. The Labute approximate surface area is 188 Å². The van der Waals surface area contributed by atoms with E-state index in [1.54, 1.807) is 6.07 Å². The molecule has 3 heterocycles. The Kier molecular flexibility index (Phi) is 4.91. The van der Waals surface area contributed by atoms with Gasteiger partial charge in [-0.25, -0.2) is 0 Å². The fourth-order valence-electron chi connectivity index (χ4n) is 4.76. The highest BCUT2D eigenvalue weighted by atomic mass is 16.5. The van der Waals surface area contributed by atoms with Gasteiger partial charge in [0.25, 0.3) is 11.8 Å². The molecule has 2 fully saturated rings. The molecule has 6 nitrogen and oxygen atoms in total. The summed E-state index contributed by atoms with van der Waals surface area (Å²) in [5.41, 5.74) is 3.15.